The molecule has 0 unspecified atom stereocenters. The molecule has 1 amide bonds. The van der Waals surface area contributed by atoms with Gasteiger partial charge in [-0.1, -0.05) is 50.8 Å². The van der Waals surface area contributed by atoms with Crippen LogP contribution in [0.25, 0.3) is 16.9 Å². The molecule has 2 aromatic heterocycles. The smallest absolute Gasteiger partial charge is 0.225 e. The predicted molar refractivity (Wildman–Crippen MR) is 107 cm³/mol. The molecule has 142 valence electrons. The molecule has 0 aliphatic rings. The molecule has 5 heteroatoms. The van der Waals surface area contributed by atoms with Crippen LogP contribution in [0.3, 0.4) is 0 Å². The Morgan fingerprint density at radius 2 is 1.89 bits per heavy atom. The molecule has 0 spiro atoms. The molecule has 0 atom stereocenters. The highest BCUT2D eigenvalue weighted by Gasteiger charge is 2.18. The van der Waals surface area contributed by atoms with Crippen molar-refractivity contribution in [2.75, 3.05) is 5.32 Å². The normalized spacial score (nSPS) is 11.1. The van der Waals surface area contributed by atoms with Gasteiger partial charge < -0.3 is 5.32 Å². The van der Waals surface area contributed by atoms with Crippen molar-refractivity contribution < 1.29 is 9.18 Å². The van der Waals surface area contributed by atoms with Gasteiger partial charge in [0.25, 0.3) is 0 Å². The molecule has 27 heavy (non-hydrogen) atoms. The first-order valence-corrected chi connectivity index (χ1v) is 9.63. The van der Waals surface area contributed by atoms with Crippen molar-refractivity contribution in [3.05, 3.63) is 54.0 Å². The average molecular weight is 367 g/mol. The van der Waals surface area contributed by atoms with Crippen molar-refractivity contribution in [1.82, 2.24) is 9.38 Å². The van der Waals surface area contributed by atoms with Crippen molar-refractivity contribution in [2.24, 2.45) is 0 Å². The van der Waals surface area contributed by atoms with E-state index in [2.05, 4.69) is 17.2 Å². The van der Waals surface area contributed by atoms with E-state index in [1.54, 1.807) is 18.2 Å². The molecule has 0 fully saturated rings. The van der Waals surface area contributed by atoms with E-state index in [-0.39, 0.29) is 11.7 Å². The van der Waals surface area contributed by atoms with Gasteiger partial charge in [0.2, 0.25) is 5.91 Å². The zero-order valence-corrected chi connectivity index (χ0v) is 16.0. The molecule has 0 saturated heterocycles. The molecule has 1 aromatic carbocycles. The first-order valence-electron chi connectivity index (χ1n) is 9.63. The summed E-state index contributed by atoms with van der Waals surface area (Å²) in [6.45, 7) is 4.14. The van der Waals surface area contributed by atoms with Crippen molar-refractivity contribution in [1.29, 1.82) is 0 Å². The second-order valence-corrected chi connectivity index (χ2v) is 6.94. The van der Waals surface area contributed by atoms with Crippen LogP contribution in [-0.4, -0.2) is 15.3 Å². The molecule has 3 rings (SSSR count). The average Bonchev–Trinajstić information content (AvgIpc) is 2.99. The third kappa shape index (κ3) is 4.54. The van der Waals surface area contributed by atoms with Crippen LogP contribution in [0.5, 0.6) is 0 Å². The van der Waals surface area contributed by atoms with Crippen LogP contribution in [0.15, 0.2) is 42.6 Å². The van der Waals surface area contributed by atoms with Crippen LogP contribution in [-0.2, 0) is 4.79 Å². The lowest BCUT2D eigenvalue weighted by Crippen LogP contribution is -2.13. The molecule has 0 saturated carbocycles. The number of benzene rings is 1. The Hall–Kier alpha value is -2.69. The molecular weight excluding hydrogens is 341 g/mol. The standard InChI is InChI=1S/C22H26FN3O/c1-3-4-5-6-7-12-20(27)25-22-21(17-10-8-9-11-18(17)23)24-19-14-13-16(2)15-26(19)22/h8-11,13-15H,3-7,12H2,1-2H3,(H,25,27). The second kappa shape index (κ2) is 8.80. The van der Waals surface area contributed by atoms with Gasteiger partial charge >= 0.3 is 0 Å². The summed E-state index contributed by atoms with van der Waals surface area (Å²) >= 11 is 0. The number of carbonyl (C=O) groups is 1. The van der Waals surface area contributed by atoms with E-state index in [4.69, 9.17) is 0 Å². The van der Waals surface area contributed by atoms with Crippen molar-refractivity contribution in [3.63, 3.8) is 0 Å². The molecule has 1 N–H and O–H groups in total. The van der Waals surface area contributed by atoms with E-state index < -0.39 is 0 Å². The number of hydrogen-bond acceptors (Lipinski definition) is 2. The number of pyridine rings is 1. The number of nitrogens with zero attached hydrogens (tertiary/aromatic N) is 2. The van der Waals surface area contributed by atoms with Gasteiger partial charge in [-0.2, -0.15) is 0 Å². The van der Waals surface area contributed by atoms with Gasteiger partial charge in [-0.05, 0) is 37.1 Å². The molecule has 0 radical (unpaired) electrons. The Balaban J connectivity index is 1.88. The van der Waals surface area contributed by atoms with Gasteiger partial charge in [0.05, 0.1) is 0 Å². The number of anilines is 1. The molecule has 4 nitrogen and oxygen atoms in total. The SMILES string of the molecule is CCCCCCCC(=O)Nc1c(-c2ccccc2F)nc2ccc(C)cn12. The lowest BCUT2D eigenvalue weighted by atomic mass is 10.1. The summed E-state index contributed by atoms with van der Waals surface area (Å²) in [6, 6.07) is 10.3. The minimum Gasteiger partial charge on any atom is -0.310 e. The molecule has 2 heterocycles. The van der Waals surface area contributed by atoms with E-state index in [9.17, 15) is 9.18 Å². The fraction of sp³-hybridized carbons (Fsp3) is 0.364. The zero-order chi connectivity index (χ0) is 19.2. The van der Waals surface area contributed by atoms with Crippen LogP contribution in [0, 0.1) is 12.7 Å². The highest BCUT2D eigenvalue weighted by molar-refractivity contribution is 5.94. The number of unbranched alkanes of at least 4 members (excludes halogenated alkanes) is 4. The van der Waals surface area contributed by atoms with Crippen LogP contribution in [0.4, 0.5) is 10.2 Å². The van der Waals surface area contributed by atoms with Gasteiger partial charge in [0.1, 0.15) is 23.0 Å². The lowest BCUT2D eigenvalue weighted by molar-refractivity contribution is -0.116. The third-order valence-corrected chi connectivity index (χ3v) is 4.66. The third-order valence-electron chi connectivity index (χ3n) is 4.66. The predicted octanol–water partition coefficient (Wildman–Crippen LogP) is 5.75. The van der Waals surface area contributed by atoms with Crippen LogP contribution < -0.4 is 5.32 Å². The first-order chi connectivity index (χ1) is 13.1. The minimum atomic E-state index is -0.354. The number of amides is 1. The Morgan fingerprint density at radius 3 is 2.67 bits per heavy atom. The molecule has 3 aromatic rings. The van der Waals surface area contributed by atoms with Gasteiger partial charge in [0, 0.05) is 18.2 Å². The zero-order valence-electron chi connectivity index (χ0n) is 16.0. The van der Waals surface area contributed by atoms with Crippen molar-refractivity contribution in [2.45, 2.75) is 52.4 Å². The number of hydrogen-bond donors (Lipinski definition) is 1. The number of aryl methyl sites for hydroxylation is 1. The number of rotatable bonds is 8. The Kier molecular flexibility index (Phi) is 6.22. The van der Waals surface area contributed by atoms with Gasteiger partial charge in [0.15, 0.2) is 0 Å². The minimum absolute atomic E-state index is 0.0626. The number of nitrogens with one attached hydrogen (secondary N) is 1. The fourth-order valence-electron chi connectivity index (χ4n) is 3.20. The Bertz CT molecular complexity index is 932. The highest BCUT2D eigenvalue weighted by Crippen LogP contribution is 2.31. The monoisotopic (exact) mass is 367 g/mol. The number of carbonyl (C=O) groups excluding carboxylic acids is 1. The summed E-state index contributed by atoms with van der Waals surface area (Å²) in [7, 11) is 0. The summed E-state index contributed by atoms with van der Waals surface area (Å²) in [4.78, 5) is 17.1. The van der Waals surface area contributed by atoms with E-state index in [1.807, 2.05) is 29.7 Å². The summed E-state index contributed by atoms with van der Waals surface area (Å²) in [5, 5.41) is 2.97. The summed E-state index contributed by atoms with van der Waals surface area (Å²) in [6.07, 6.45) is 7.80. The van der Waals surface area contributed by atoms with Crippen molar-refractivity contribution in [3.8, 4) is 11.3 Å². The largest absolute Gasteiger partial charge is 0.310 e. The maximum absolute atomic E-state index is 14.4. The maximum atomic E-state index is 14.4. The first kappa shape index (κ1) is 19.1. The van der Waals surface area contributed by atoms with Crippen LogP contribution in [0.2, 0.25) is 0 Å². The van der Waals surface area contributed by atoms with Crippen molar-refractivity contribution >= 4 is 17.4 Å². The molecular formula is C22H26FN3O. The number of aromatic nitrogens is 2. The van der Waals surface area contributed by atoms with E-state index >= 15 is 0 Å². The van der Waals surface area contributed by atoms with Gasteiger partial charge in [-0.25, -0.2) is 9.37 Å². The number of imidazole rings is 1. The highest BCUT2D eigenvalue weighted by atomic mass is 19.1. The Labute approximate surface area is 159 Å². The van der Waals surface area contributed by atoms with Crippen LogP contribution >= 0.6 is 0 Å². The molecule has 0 aliphatic carbocycles. The van der Waals surface area contributed by atoms with E-state index in [1.165, 1.54) is 18.9 Å². The topological polar surface area (TPSA) is 46.4 Å². The van der Waals surface area contributed by atoms with E-state index in [0.29, 0.717) is 29.1 Å². The summed E-state index contributed by atoms with van der Waals surface area (Å²) < 4.78 is 16.2. The van der Waals surface area contributed by atoms with Gasteiger partial charge in [-0.3, -0.25) is 9.20 Å². The van der Waals surface area contributed by atoms with Gasteiger partial charge in [-0.15, -0.1) is 0 Å². The number of fused-ring (bicyclic) bond motifs is 1. The molecule has 0 bridgehead atoms. The fourth-order valence-corrected chi connectivity index (χ4v) is 3.20. The quantitative estimate of drug-likeness (QED) is 0.515. The summed E-state index contributed by atoms with van der Waals surface area (Å²) in [5.74, 6) is 0.109. The maximum Gasteiger partial charge on any atom is 0.225 e. The Morgan fingerprint density at radius 1 is 1.11 bits per heavy atom. The summed E-state index contributed by atoms with van der Waals surface area (Å²) in [5.41, 5.74) is 2.56. The van der Waals surface area contributed by atoms with E-state index in [0.717, 1.165) is 24.8 Å². The van der Waals surface area contributed by atoms with Crippen LogP contribution in [0.1, 0.15) is 51.0 Å². The number of halogens is 1. The lowest BCUT2D eigenvalue weighted by Gasteiger charge is -2.09. The second-order valence-electron chi connectivity index (χ2n) is 6.94. The molecule has 0 aliphatic heterocycles.